The first-order chi connectivity index (χ1) is 6.48. The van der Waals surface area contributed by atoms with Gasteiger partial charge >= 0.3 is 0 Å². The van der Waals surface area contributed by atoms with E-state index in [1.807, 2.05) is 0 Å². The normalized spacial score (nSPS) is 12.3. The lowest BCUT2D eigenvalue weighted by atomic mass is 9.88. The van der Waals surface area contributed by atoms with Crippen LogP contribution in [0.25, 0.3) is 5.52 Å². The lowest BCUT2D eigenvalue weighted by Gasteiger charge is -2.19. The van der Waals surface area contributed by atoms with Gasteiger partial charge in [-0.2, -0.15) is 0 Å². The number of nitrogens with zero attached hydrogens (tertiary/aromatic N) is 1. The van der Waals surface area contributed by atoms with E-state index in [9.17, 15) is 0 Å². The van der Waals surface area contributed by atoms with Crippen molar-refractivity contribution in [1.29, 1.82) is 0 Å². The molecule has 0 aliphatic heterocycles. The predicted octanol–water partition coefficient (Wildman–Crippen LogP) is 3.55. The van der Waals surface area contributed by atoms with Crippen molar-refractivity contribution in [3.05, 3.63) is 41.7 Å². The Morgan fingerprint density at radius 1 is 1.07 bits per heavy atom. The summed E-state index contributed by atoms with van der Waals surface area (Å²) in [6.07, 6.45) is 4.35. The van der Waals surface area contributed by atoms with Crippen LogP contribution in [0.1, 0.15) is 31.9 Å². The molecule has 0 atom stereocenters. The van der Waals surface area contributed by atoms with Crippen molar-refractivity contribution in [3.63, 3.8) is 0 Å². The highest BCUT2D eigenvalue weighted by Gasteiger charge is 2.13. The van der Waals surface area contributed by atoms with E-state index in [2.05, 4.69) is 62.7 Å². The largest absolute Gasteiger partial charge is 0.323 e. The summed E-state index contributed by atoms with van der Waals surface area (Å²) in [5, 5.41) is 0. The summed E-state index contributed by atoms with van der Waals surface area (Å²) in [7, 11) is 0. The highest BCUT2D eigenvalue weighted by atomic mass is 14.9. The SMILES string of the molecule is Cc1ccn2cc(C(C)(C)C)ccc12. The van der Waals surface area contributed by atoms with E-state index in [0.717, 1.165) is 0 Å². The van der Waals surface area contributed by atoms with E-state index in [4.69, 9.17) is 0 Å². The predicted molar refractivity (Wildman–Crippen MR) is 60.8 cm³/mol. The molecule has 2 heterocycles. The minimum Gasteiger partial charge on any atom is -0.323 e. The molecule has 0 fully saturated rings. The molecule has 0 aliphatic rings. The summed E-state index contributed by atoms with van der Waals surface area (Å²) in [5.41, 5.74) is 4.25. The second kappa shape index (κ2) is 2.88. The lowest BCUT2D eigenvalue weighted by Crippen LogP contribution is -2.11. The van der Waals surface area contributed by atoms with Gasteiger partial charge in [0.1, 0.15) is 0 Å². The first kappa shape index (κ1) is 9.32. The van der Waals surface area contributed by atoms with Gasteiger partial charge in [-0.15, -0.1) is 0 Å². The van der Waals surface area contributed by atoms with E-state index in [1.54, 1.807) is 0 Å². The smallest absolute Gasteiger partial charge is 0.0479 e. The van der Waals surface area contributed by atoms with Crippen LogP contribution >= 0.6 is 0 Å². The van der Waals surface area contributed by atoms with E-state index in [-0.39, 0.29) is 5.41 Å². The monoisotopic (exact) mass is 187 g/mol. The molecule has 1 nitrogen and oxygen atoms in total. The molecule has 74 valence electrons. The van der Waals surface area contributed by atoms with Gasteiger partial charge in [0.2, 0.25) is 0 Å². The van der Waals surface area contributed by atoms with Gasteiger partial charge in [0.25, 0.3) is 0 Å². The number of rotatable bonds is 0. The second-order valence-electron chi connectivity index (χ2n) is 4.96. The molecule has 0 N–H and O–H groups in total. The molecule has 0 saturated heterocycles. The molecule has 0 amide bonds. The zero-order valence-corrected chi connectivity index (χ0v) is 9.33. The summed E-state index contributed by atoms with van der Waals surface area (Å²) in [4.78, 5) is 0. The van der Waals surface area contributed by atoms with Gasteiger partial charge in [-0.25, -0.2) is 0 Å². The summed E-state index contributed by atoms with van der Waals surface area (Å²) in [5.74, 6) is 0. The fourth-order valence-corrected chi connectivity index (χ4v) is 1.70. The van der Waals surface area contributed by atoms with Gasteiger partial charge in [-0.05, 0) is 35.6 Å². The average Bonchev–Trinajstić information content (AvgIpc) is 2.46. The standard InChI is InChI=1S/C13H17N/c1-10-7-8-14-9-11(13(2,3)4)5-6-12(10)14/h5-9H,1-4H3. The van der Waals surface area contributed by atoms with Crippen LogP contribution in [0.15, 0.2) is 30.6 Å². The Balaban J connectivity index is 2.63. The molecular formula is C13H17N. The first-order valence-corrected chi connectivity index (χ1v) is 5.06. The van der Waals surface area contributed by atoms with Crippen LogP contribution in [0.4, 0.5) is 0 Å². The molecular weight excluding hydrogens is 170 g/mol. The molecule has 2 aromatic heterocycles. The van der Waals surface area contributed by atoms with Gasteiger partial charge in [0, 0.05) is 17.9 Å². The highest BCUT2D eigenvalue weighted by molar-refractivity contribution is 5.55. The van der Waals surface area contributed by atoms with Crippen molar-refractivity contribution in [3.8, 4) is 0 Å². The minimum absolute atomic E-state index is 0.229. The number of pyridine rings is 1. The van der Waals surface area contributed by atoms with Gasteiger partial charge < -0.3 is 4.40 Å². The van der Waals surface area contributed by atoms with Crippen molar-refractivity contribution in [1.82, 2.24) is 4.40 Å². The number of hydrogen-bond donors (Lipinski definition) is 0. The fourth-order valence-electron chi connectivity index (χ4n) is 1.70. The molecule has 0 bridgehead atoms. The number of aryl methyl sites for hydroxylation is 1. The van der Waals surface area contributed by atoms with Crippen LogP contribution < -0.4 is 0 Å². The zero-order valence-electron chi connectivity index (χ0n) is 9.33. The van der Waals surface area contributed by atoms with E-state index in [1.165, 1.54) is 16.6 Å². The summed E-state index contributed by atoms with van der Waals surface area (Å²) in [6, 6.07) is 6.58. The Hall–Kier alpha value is -1.24. The Morgan fingerprint density at radius 3 is 2.43 bits per heavy atom. The summed E-state index contributed by atoms with van der Waals surface area (Å²) >= 11 is 0. The van der Waals surface area contributed by atoms with Gasteiger partial charge in [-0.1, -0.05) is 26.8 Å². The van der Waals surface area contributed by atoms with E-state index in [0.29, 0.717) is 0 Å². The molecule has 0 radical (unpaired) electrons. The van der Waals surface area contributed by atoms with E-state index < -0.39 is 0 Å². The van der Waals surface area contributed by atoms with Crippen molar-refractivity contribution in [2.45, 2.75) is 33.1 Å². The molecule has 1 heteroatoms. The molecule has 2 aromatic rings. The van der Waals surface area contributed by atoms with E-state index >= 15 is 0 Å². The lowest BCUT2D eigenvalue weighted by molar-refractivity contribution is 0.586. The maximum Gasteiger partial charge on any atom is 0.0479 e. The van der Waals surface area contributed by atoms with Gasteiger partial charge in [-0.3, -0.25) is 0 Å². The molecule has 0 aliphatic carbocycles. The van der Waals surface area contributed by atoms with Crippen LogP contribution in [0, 0.1) is 6.92 Å². The third-order valence-electron chi connectivity index (χ3n) is 2.73. The van der Waals surface area contributed by atoms with Crippen LogP contribution in [0.2, 0.25) is 0 Å². The molecule has 14 heavy (non-hydrogen) atoms. The van der Waals surface area contributed by atoms with Crippen molar-refractivity contribution in [2.75, 3.05) is 0 Å². The Morgan fingerprint density at radius 2 is 1.79 bits per heavy atom. The molecule has 0 aromatic carbocycles. The fraction of sp³-hybridized carbons (Fsp3) is 0.385. The number of aromatic nitrogens is 1. The topological polar surface area (TPSA) is 4.41 Å². The van der Waals surface area contributed by atoms with Gasteiger partial charge in [0.05, 0.1) is 0 Å². The Labute approximate surface area is 85.4 Å². The maximum absolute atomic E-state index is 2.24. The first-order valence-electron chi connectivity index (χ1n) is 5.06. The molecule has 2 rings (SSSR count). The quantitative estimate of drug-likeness (QED) is 0.594. The van der Waals surface area contributed by atoms with Crippen molar-refractivity contribution in [2.24, 2.45) is 0 Å². The Kier molecular flexibility index (Phi) is 1.91. The molecule has 0 saturated carbocycles. The second-order valence-corrected chi connectivity index (χ2v) is 4.96. The molecule has 0 spiro atoms. The average molecular weight is 187 g/mol. The summed E-state index contributed by atoms with van der Waals surface area (Å²) < 4.78 is 2.20. The number of fused-ring (bicyclic) bond motifs is 1. The zero-order chi connectivity index (χ0) is 10.3. The van der Waals surface area contributed by atoms with Crippen molar-refractivity contribution >= 4 is 5.52 Å². The third kappa shape index (κ3) is 1.43. The highest BCUT2D eigenvalue weighted by Crippen LogP contribution is 2.23. The third-order valence-corrected chi connectivity index (χ3v) is 2.73. The van der Waals surface area contributed by atoms with Crippen LogP contribution in [0.3, 0.4) is 0 Å². The molecule has 0 unspecified atom stereocenters. The summed E-state index contributed by atoms with van der Waals surface area (Å²) in [6.45, 7) is 8.87. The maximum atomic E-state index is 2.24. The van der Waals surface area contributed by atoms with Crippen LogP contribution in [-0.2, 0) is 5.41 Å². The minimum atomic E-state index is 0.229. The Bertz CT molecular complexity index is 458. The van der Waals surface area contributed by atoms with Crippen LogP contribution in [0.5, 0.6) is 0 Å². The van der Waals surface area contributed by atoms with Gasteiger partial charge in [0.15, 0.2) is 0 Å². The van der Waals surface area contributed by atoms with Crippen LogP contribution in [-0.4, -0.2) is 4.40 Å². The van der Waals surface area contributed by atoms with Crippen molar-refractivity contribution < 1.29 is 0 Å². The number of hydrogen-bond acceptors (Lipinski definition) is 0.